The monoisotopic (exact) mass is 424 g/mol. The first-order chi connectivity index (χ1) is 14.2. The number of benzene rings is 2. The average Bonchev–Trinajstić information content (AvgIpc) is 2.72. The fourth-order valence-electron chi connectivity index (χ4n) is 2.86. The number of hydrogen-bond acceptors (Lipinski definition) is 11. The first kappa shape index (κ1) is 21.5. The zero-order valence-electron chi connectivity index (χ0n) is 15.3. The second kappa shape index (κ2) is 8.63. The summed E-state index contributed by atoms with van der Waals surface area (Å²) in [6.07, 6.45) is -7.65. The molecule has 0 saturated carbocycles. The molecule has 1 fully saturated rings. The number of ether oxygens (including phenoxy) is 3. The Bertz CT molecular complexity index is 875. The number of aromatic hydroxyl groups is 4. The SMILES string of the molecule is O=C(O[C@@H]1[C@@H](O)[C@H](Oc2ccc(O)cc2)O[C@H](CO)[C@H]1O)c1cc(O)c(O)c(O)c1. The molecule has 2 aromatic carbocycles. The van der Waals surface area contributed by atoms with E-state index in [0.717, 1.165) is 12.1 Å². The molecule has 0 bridgehead atoms. The van der Waals surface area contributed by atoms with Gasteiger partial charge in [0.25, 0.3) is 0 Å². The van der Waals surface area contributed by atoms with Crippen molar-refractivity contribution in [3.8, 4) is 28.7 Å². The van der Waals surface area contributed by atoms with Gasteiger partial charge in [-0.1, -0.05) is 0 Å². The number of rotatable bonds is 5. The number of phenolic OH excluding ortho intramolecular Hbond substituents is 4. The summed E-state index contributed by atoms with van der Waals surface area (Å²) in [7, 11) is 0. The van der Waals surface area contributed by atoms with Crippen LogP contribution in [-0.2, 0) is 9.47 Å². The molecule has 30 heavy (non-hydrogen) atoms. The summed E-state index contributed by atoms with van der Waals surface area (Å²) < 4.78 is 15.9. The number of carbonyl (C=O) groups is 1. The highest BCUT2D eigenvalue weighted by Gasteiger charge is 2.48. The molecule has 162 valence electrons. The Balaban J connectivity index is 1.80. The predicted molar refractivity (Wildman–Crippen MR) is 97.1 cm³/mol. The minimum atomic E-state index is -1.69. The standard InChI is InChI=1S/C19H20O11/c20-7-13-15(25)17(30-18(27)8-5-11(22)14(24)12(23)6-8)16(26)19(29-13)28-10-3-1-9(21)2-4-10/h1-6,13,15-17,19-26H,7H2/t13-,15-,16-,17+,19-/m1/s1. The summed E-state index contributed by atoms with van der Waals surface area (Å²) in [6.45, 7) is -0.682. The molecule has 0 aliphatic carbocycles. The molecular weight excluding hydrogens is 404 g/mol. The Morgan fingerprint density at radius 2 is 1.57 bits per heavy atom. The van der Waals surface area contributed by atoms with Crippen LogP contribution in [0.2, 0.25) is 0 Å². The Morgan fingerprint density at radius 3 is 2.13 bits per heavy atom. The number of esters is 1. The van der Waals surface area contributed by atoms with Crippen LogP contribution < -0.4 is 4.74 Å². The third-order valence-electron chi connectivity index (χ3n) is 4.46. The molecule has 11 heteroatoms. The van der Waals surface area contributed by atoms with E-state index in [-0.39, 0.29) is 17.1 Å². The number of phenols is 4. The fraction of sp³-hybridized carbons (Fsp3) is 0.316. The van der Waals surface area contributed by atoms with E-state index in [0.29, 0.717) is 0 Å². The molecule has 11 nitrogen and oxygen atoms in total. The van der Waals surface area contributed by atoms with Gasteiger partial charge in [0.05, 0.1) is 12.2 Å². The minimum Gasteiger partial charge on any atom is -0.508 e. The van der Waals surface area contributed by atoms with Gasteiger partial charge in [0, 0.05) is 0 Å². The molecule has 5 atom stereocenters. The number of hydrogen-bond donors (Lipinski definition) is 7. The summed E-state index contributed by atoms with van der Waals surface area (Å²) in [5.74, 6) is -3.38. The van der Waals surface area contributed by atoms with Crippen LogP contribution >= 0.6 is 0 Å². The summed E-state index contributed by atoms with van der Waals surface area (Å²) in [4.78, 5) is 12.4. The summed E-state index contributed by atoms with van der Waals surface area (Å²) in [5, 5.41) is 68.1. The van der Waals surface area contributed by atoms with Crippen molar-refractivity contribution in [3.05, 3.63) is 42.0 Å². The third kappa shape index (κ3) is 4.33. The largest absolute Gasteiger partial charge is 0.508 e. The fourth-order valence-corrected chi connectivity index (χ4v) is 2.86. The van der Waals surface area contributed by atoms with Crippen LogP contribution in [0.5, 0.6) is 28.7 Å². The Labute approximate surface area is 169 Å². The molecule has 1 aliphatic heterocycles. The summed E-state index contributed by atoms with van der Waals surface area (Å²) >= 11 is 0. The molecule has 3 rings (SSSR count). The van der Waals surface area contributed by atoms with Gasteiger partial charge in [-0.05, 0) is 36.4 Å². The normalized spacial score (nSPS) is 26.2. The van der Waals surface area contributed by atoms with E-state index in [1.807, 2.05) is 0 Å². The molecule has 0 radical (unpaired) electrons. The lowest BCUT2D eigenvalue weighted by atomic mass is 9.98. The molecule has 0 unspecified atom stereocenters. The number of aliphatic hydroxyl groups excluding tert-OH is 3. The van der Waals surface area contributed by atoms with E-state index in [1.165, 1.54) is 24.3 Å². The van der Waals surface area contributed by atoms with Crippen molar-refractivity contribution in [1.82, 2.24) is 0 Å². The van der Waals surface area contributed by atoms with Crippen molar-refractivity contribution in [2.24, 2.45) is 0 Å². The van der Waals surface area contributed by atoms with E-state index in [2.05, 4.69) is 0 Å². The van der Waals surface area contributed by atoms with Crippen LogP contribution in [0.25, 0.3) is 0 Å². The van der Waals surface area contributed by atoms with Gasteiger partial charge in [-0.2, -0.15) is 0 Å². The first-order valence-corrected chi connectivity index (χ1v) is 8.75. The van der Waals surface area contributed by atoms with E-state index >= 15 is 0 Å². The summed E-state index contributed by atoms with van der Waals surface area (Å²) in [5.41, 5.74) is -0.370. The van der Waals surface area contributed by atoms with Crippen LogP contribution in [0.15, 0.2) is 36.4 Å². The molecule has 1 heterocycles. The lowest BCUT2D eigenvalue weighted by Gasteiger charge is -2.41. The van der Waals surface area contributed by atoms with E-state index in [1.54, 1.807) is 0 Å². The predicted octanol–water partition coefficient (Wildman–Crippen LogP) is -0.448. The van der Waals surface area contributed by atoms with E-state index < -0.39 is 60.5 Å². The second-order valence-electron chi connectivity index (χ2n) is 6.55. The van der Waals surface area contributed by atoms with Gasteiger partial charge < -0.3 is 50.0 Å². The average molecular weight is 424 g/mol. The van der Waals surface area contributed by atoms with Crippen molar-refractivity contribution in [2.45, 2.75) is 30.7 Å². The highest BCUT2D eigenvalue weighted by molar-refractivity contribution is 5.91. The first-order valence-electron chi connectivity index (χ1n) is 8.75. The highest BCUT2D eigenvalue weighted by atomic mass is 16.7. The zero-order valence-corrected chi connectivity index (χ0v) is 15.3. The van der Waals surface area contributed by atoms with Gasteiger partial charge in [0.2, 0.25) is 6.29 Å². The number of carbonyl (C=O) groups excluding carboxylic acids is 1. The van der Waals surface area contributed by atoms with Gasteiger partial charge >= 0.3 is 5.97 Å². The van der Waals surface area contributed by atoms with Crippen LogP contribution in [-0.4, -0.2) is 79.0 Å². The molecule has 1 aliphatic rings. The molecule has 0 spiro atoms. The van der Waals surface area contributed by atoms with E-state index in [4.69, 9.17) is 14.2 Å². The molecule has 2 aromatic rings. The molecule has 0 aromatic heterocycles. The Morgan fingerprint density at radius 1 is 0.967 bits per heavy atom. The third-order valence-corrected chi connectivity index (χ3v) is 4.46. The second-order valence-corrected chi connectivity index (χ2v) is 6.55. The van der Waals surface area contributed by atoms with Crippen molar-refractivity contribution >= 4 is 5.97 Å². The van der Waals surface area contributed by atoms with Gasteiger partial charge in [0.15, 0.2) is 29.5 Å². The van der Waals surface area contributed by atoms with Crippen molar-refractivity contribution in [1.29, 1.82) is 0 Å². The topological polar surface area (TPSA) is 186 Å². The lowest BCUT2D eigenvalue weighted by molar-refractivity contribution is -0.276. The lowest BCUT2D eigenvalue weighted by Crippen LogP contribution is -2.61. The Hall–Kier alpha value is -3.25. The van der Waals surface area contributed by atoms with Crippen molar-refractivity contribution in [2.75, 3.05) is 6.61 Å². The molecular formula is C19H20O11. The molecule has 7 N–H and O–H groups in total. The zero-order chi connectivity index (χ0) is 22.0. The smallest absolute Gasteiger partial charge is 0.338 e. The summed E-state index contributed by atoms with van der Waals surface area (Å²) in [6, 6.07) is 7.06. The molecule has 0 amide bonds. The number of aliphatic hydroxyl groups is 3. The van der Waals surface area contributed by atoms with Crippen LogP contribution in [0.4, 0.5) is 0 Å². The Kier molecular flexibility index (Phi) is 6.17. The van der Waals surface area contributed by atoms with Gasteiger partial charge in [-0.3, -0.25) is 0 Å². The minimum absolute atomic E-state index is 0.0247. The maximum Gasteiger partial charge on any atom is 0.338 e. The quantitative estimate of drug-likeness (QED) is 0.243. The van der Waals surface area contributed by atoms with E-state index in [9.17, 15) is 40.5 Å². The van der Waals surface area contributed by atoms with Crippen LogP contribution in [0.3, 0.4) is 0 Å². The maximum atomic E-state index is 12.4. The van der Waals surface area contributed by atoms with Gasteiger partial charge in [-0.15, -0.1) is 0 Å². The van der Waals surface area contributed by atoms with Crippen molar-refractivity contribution < 1.29 is 54.8 Å². The van der Waals surface area contributed by atoms with Crippen LogP contribution in [0.1, 0.15) is 10.4 Å². The molecule has 1 saturated heterocycles. The maximum absolute atomic E-state index is 12.4. The van der Waals surface area contributed by atoms with Gasteiger partial charge in [-0.25, -0.2) is 4.79 Å². The van der Waals surface area contributed by atoms with Crippen LogP contribution in [0, 0.1) is 0 Å². The van der Waals surface area contributed by atoms with Crippen molar-refractivity contribution in [3.63, 3.8) is 0 Å². The highest BCUT2D eigenvalue weighted by Crippen LogP contribution is 2.36. The van der Waals surface area contributed by atoms with Gasteiger partial charge in [0.1, 0.15) is 23.7 Å².